The van der Waals surface area contributed by atoms with E-state index in [1.165, 1.54) is 5.56 Å². The maximum Gasteiger partial charge on any atom is 0.121 e. The number of aryl methyl sites for hydroxylation is 1. The Labute approximate surface area is 188 Å². The van der Waals surface area contributed by atoms with E-state index in [2.05, 4.69) is 62.5 Å². The third kappa shape index (κ3) is 4.67. The monoisotopic (exact) mass is 430 g/mol. The van der Waals surface area contributed by atoms with Gasteiger partial charge in [0.15, 0.2) is 0 Å². The summed E-state index contributed by atoms with van der Waals surface area (Å²) in [6.07, 6.45) is 6.41. The standard InChI is InChI=1S/C25H30N6O/c1-32-23-8-9-24-25(19-23)31(28-26-24)14-5-13-29-15-11-22(12-16-29)30-17-10-21(27-30)18-20-6-3-2-4-7-20/h2-4,6-10,17,19,22H,5,11-16,18H2,1H3. The Morgan fingerprint density at radius 1 is 1.00 bits per heavy atom. The first-order valence-electron chi connectivity index (χ1n) is 11.5. The van der Waals surface area contributed by atoms with Crippen LogP contribution < -0.4 is 4.74 Å². The molecule has 4 aromatic rings. The van der Waals surface area contributed by atoms with Crippen molar-refractivity contribution in [1.82, 2.24) is 29.7 Å². The van der Waals surface area contributed by atoms with Crippen molar-refractivity contribution in [2.75, 3.05) is 26.7 Å². The van der Waals surface area contributed by atoms with Gasteiger partial charge in [-0.15, -0.1) is 5.10 Å². The molecule has 0 radical (unpaired) electrons. The van der Waals surface area contributed by atoms with Crippen molar-refractivity contribution in [1.29, 1.82) is 0 Å². The summed E-state index contributed by atoms with van der Waals surface area (Å²) in [4.78, 5) is 2.56. The molecule has 0 atom stereocenters. The van der Waals surface area contributed by atoms with E-state index in [-0.39, 0.29) is 0 Å². The van der Waals surface area contributed by atoms with Gasteiger partial charge in [0.1, 0.15) is 11.3 Å². The first-order chi connectivity index (χ1) is 15.8. The van der Waals surface area contributed by atoms with Gasteiger partial charge < -0.3 is 9.64 Å². The molecule has 166 valence electrons. The summed E-state index contributed by atoms with van der Waals surface area (Å²) in [5.74, 6) is 0.841. The Balaban J connectivity index is 1.10. The highest BCUT2D eigenvalue weighted by molar-refractivity contribution is 5.75. The summed E-state index contributed by atoms with van der Waals surface area (Å²) in [6, 6.07) is 19.1. The molecule has 2 aromatic heterocycles. The fourth-order valence-electron chi connectivity index (χ4n) is 4.57. The molecular weight excluding hydrogens is 400 g/mol. The van der Waals surface area contributed by atoms with Gasteiger partial charge in [0.2, 0.25) is 0 Å². The number of benzene rings is 2. The molecule has 0 aliphatic carbocycles. The predicted octanol–water partition coefficient (Wildman–Crippen LogP) is 3.95. The first kappa shape index (κ1) is 20.7. The number of hydrogen-bond acceptors (Lipinski definition) is 5. The first-order valence-corrected chi connectivity index (χ1v) is 11.5. The zero-order chi connectivity index (χ0) is 21.8. The Morgan fingerprint density at radius 3 is 2.66 bits per heavy atom. The van der Waals surface area contributed by atoms with Crippen LogP contribution in [0.5, 0.6) is 5.75 Å². The highest BCUT2D eigenvalue weighted by Crippen LogP contribution is 2.23. The summed E-state index contributed by atoms with van der Waals surface area (Å²) in [5.41, 5.74) is 4.41. The fourth-order valence-corrected chi connectivity index (χ4v) is 4.57. The minimum atomic E-state index is 0.502. The third-order valence-electron chi connectivity index (χ3n) is 6.39. The van der Waals surface area contributed by atoms with E-state index in [0.717, 1.165) is 74.3 Å². The van der Waals surface area contributed by atoms with Gasteiger partial charge in [-0.05, 0) is 49.6 Å². The van der Waals surface area contributed by atoms with E-state index in [1.54, 1.807) is 7.11 Å². The smallest absolute Gasteiger partial charge is 0.121 e. The fraction of sp³-hybridized carbons (Fsp3) is 0.400. The molecule has 0 N–H and O–H groups in total. The Bertz CT molecular complexity index is 1140. The minimum absolute atomic E-state index is 0.502. The molecule has 3 heterocycles. The number of hydrogen-bond donors (Lipinski definition) is 0. The maximum atomic E-state index is 5.34. The molecule has 32 heavy (non-hydrogen) atoms. The molecule has 1 saturated heterocycles. The molecule has 0 amide bonds. The lowest BCUT2D eigenvalue weighted by atomic mass is 10.1. The molecule has 1 aliphatic rings. The number of methoxy groups -OCH3 is 1. The SMILES string of the molecule is COc1ccc2nnn(CCCN3CCC(n4ccc(Cc5ccccc5)n4)CC3)c2c1. The quantitative estimate of drug-likeness (QED) is 0.424. The average molecular weight is 431 g/mol. The lowest BCUT2D eigenvalue weighted by Crippen LogP contribution is -2.35. The minimum Gasteiger partial charge on any atom is -0.497 e. The van der Waals surface area contributed by atoms with E-state index in [4.69, 9.17) is 9.84 Å². The van der Waals surface area contributed by atoms with Gasteiger partial charge >= 0.3 is 0 Å². The van der Waals surface area contributed by atoms with E-state index in [0.29, 0.717) is 6.04 Å². The molecule has 0 unspecified atom stereocenters. The van der Waals surface area contributed by atoms with Gasteiger partial charge in [0.05, 0.1) is 24.4 Å². The molecule has 0 bridgehead atoms. The van der Waals surface area contributed by atoms with Gasteiger partial charge in [-0.2, -0.15) is 5.10 Å². The molecule has 1 aliphatic heterocycles. The number of likely N-dealkylation sites (tertiary alicyclic amines) is 1. The number of aromatic nitrogens is 5. The van der Waals surface area contributed by atoms with Crippen LogP contribution in [-0.2, 0) is 13.0 Å². The van der Waals surface area contributed by atoms with Crippen LogP contribution in [0.15, 0.2) is 60.8 Å². The van der Waals surface area contributed by atoms with Crippen molar-refractivity contribution in [3.05, 3.63) is 72.1 Å². The van der Waals surface area contributed by atoms with Crippen molar-refractivity contribution in [2.45, 2.75) is 38.3 Å². The molecule has 1 fully saturated rings. The highest BCUT2D eigenvalue weighted by Gasteiger charge is 2.21. The van der Waals surface area contributed by atoms with Crippen molar-refractivity contribution >= 4 is 11.0 Å². The van der Waals surface area contributed by atoms with Crippen molar-refractivity contribution in [2.24, 2.45) is 0 Å². The number of piperidine rings is 1. The van der Waals surface area contributed by atoms with E-state index in [9.17, 15) is 0 Å². The van der Waals surface area contributed by atoms with Gasteiger partial charge in [0, 0.05) is 38.3 Å². The topological polar surface area (TPSA) is 61.0 Å². The number of fused-ring (bicyclic) bond motifs is 1. The number of rotatable bonds is 8. The summed E-state index contributed by atoms with van der Waals surface area (Å²) >= 11 is 0. The van der Waals surface area contributed by atoms with Gasteiger partial charge in [-0.1, -0.05) is 35.5 Å². The zero-order valence-electron chi connectivity index (χ0n) is 18.6. The maximum absolute atomic E-state index is 5.34. The second kappa shape index (κ2) is 9.53. The molecule has 7 nitrogen and oxygen atoms in total. The van der Waals surface area contributed by atoms with Crippen LogP contribution in [0.25, 0.3) is 11.0 Å². The summed E-state index contributed by atoms with van der Waals surface area (Å²) < 4.78 is 9.51. The third-order valence-corrected chi connectivity index (χ3v) is 6.39. The van der Waals surface area contributed by atoms with Crippen LogP contribution in [0.4, 0.5) is 0 Å². The van der Waals surface area contributed by atoms with Gasteiger partial charge in [-0.25, -0.2) is 4.68 Å². The van der Waals surface area contributed by atoms with E-state index < -0.39 is 0 Å². The highest BCUT2D eigenvalue weighted by atomic mass is 16.5. The molecule has 0 saturated carbocycles. The average Bonchev–Trinajstić information content (AvgIpc) is 3.47. The van der Waals surface area contributed by atoms with Crippen LogP contribution in [0.1, 0.15) is 36.6 Å². The molecule has 5 rings (SSSR count). The second-order valence-corrected chi connectivity index (χ2v) is 8.54. The van der Waals surface area contributed by atoms with Crippen LogP contribution in [0.3, 0.4) is 0 Å². The second-order valence-electron chi connectivity index (χ2n) is 8.54. The zero-order valence-corrected chi connectivity index (χ0v) is 18.6. The molecular formula is C25H30N6O. The lowest BCUT2D eigenvalue weighted by molar-refractivity contribution is 0.175. The molecule has 7 heteroatoms. The summed E-state index contributed by atoms with van der Waals surface area (Å²) in [6.45, 7) is 4.18. The van der Waals surface area contributed by atoms with E-state index in [1.807, 2.05) is 22.9 Å². The van der Waals surface area contributed by atoms with E-state index >= 15 is 0 Å². The Kier molecular flexibility index (Phi) is 6.16. The van der Waals surface area contributed by atoms with Crippen LogP contribution in [0, 0.1) is 0 Å². The predicted molar refractivity (Wildman–Crippen MR) is 125 cm³/mol. The van der Waals surface area contributed by atoms with Gasteiger partial charge in [0.25, 0.3) is 0 Å². The van der Waals surface area contributed by atoms with Crippen molar-refractivity contribution in [3.63, 3.8) is 0 Å². The van der Waals surface area contributed by atoms with Crippen molar-refractivity contribution in [3.8, 4) is 5.75 Å². The molecule has 2 aromatic carbocycles. The Hall–Kier alpha value is -3.19. The van der Waals surface area contributed by atoms with Crippen molar-refractivity contribution < 1.29 is 4.74 Å². The number of nitrogens with zero attached hydrogens (tertiary/aromatic N) is 6. The summed E-state index contributed by atoms with van der Waals surface area (Å²) in [7, 11) is 1.69. The van der Waals surface area contributed by atoms with Crippen LogP contribution in [0.2, 0.25) is 0 Å². The van der Waals surface area contributed by atoms with Crippen LogP contribution in [-0.4, -0.2) is 56.4 Å². The summed E-state index contributed by atoms with van der Waals surface area (Å²) in [5, 5.41) is 13.4. The Morgan fingerprint density at radius 2 is 1.84 bits per heavy atom. The van der Waals surface area contributed by atoms with Gasteiger partial charge in [-0.3, -0.25) is 4.68 Å². The number of ether oxygens (including phenoxy) is 1. The normalized spacial score (nSPS) is 15.4. The van der Waals surface area contributed by atoms with Crippen LogP contribution >= 0.6 is 0 Å². The largest absolute Gasteiger partial charge is 0.497 e. The lowest BCUT2D eigenvalue weighted by Gasteiger charge is -2.32. The molecule has 0 spiro atoms.